The SMILES string of the molecule is CC(C)CCNCC[C@@H](N)Cc1ccc(F)cc1. The molecule has 1 atom stereocenters. The van der Waals surface area contributed by atoms with E-state index in [2.05, 4.69) is 19.2 Å². The summed E-state index contributed by atoms with van der Waals surface area (Å²) in [6.07, 6.45) is 2.97. The van der Waals surface area contributed by atoms with E-state index in [0.29, 0.717) is 0 Å². The van der Waals surface area contributed by atoms with Crippen LogP contribution in [0.15, 0.2) is 24.3 Å². The molecule has 0 saturated heterocycles. The van der Waals surface area contributed by atoms with Crippen LogP contribution in [0.4, 0.5) is 4.39 Å². The fourth-order valence-corrected chi connectivity index (χ4v) is 1.83. The molecule has 0 aliphatic carbocycles. The molecule has 0 aromatic heterocycles. The van der Waals surface area contributed by atoms with Gasteiger partial charge < -0.3 is 11.1 Å². The second kappa shape index (κ2) is 8.22. The smallest absolute Gasteiger partial charge is 0.123 e. The van der Waals surface area contributed by atoms with Crippen LogP contribution >= 0.6 is 0 Å². The summed E-state index contributed by atoms with van der Waals surface area (Å²) in [6.45, 7) is 6.46. The van der Waals surface area contributed by atoms with E-state index in [9.17, 15) is 4.39 Å². The minimum absolute atomic E-state index is 0.141. The molecule has 18 heavy (non-hydrogen) atoms. The van der Waals surface area contributed by atoms with E-state index in [1.165, 1.54) is 18.6 Å². The summed E-state index contributed by atoms with van der Waals surface area (Å²) in [5, 5.41) is 3.40. The van der Waals surface area contributed by atoms with E-state index in [4.69, 9.17) is 5.73 Å². The Morgan fingerprint density at radius 3 is 2.33 bits per heavy atom. The Labute approximate surface area is 110 Å². The average Bonchev–Trinajstić information content (AvgIpc) is 2.31. The second-order valence-corrected chi connectivity index (χ2v) is 5.31. The minimum atomic E-state index is -0.192. The number of halogens is 1. The number of hydrogen-bond donors (Lipinski definition) is 2. The quantitative estimate of drug-likeness (QED) is 0.698. The lowest BCUT2D eigenvalue weighted by Crippen LogP contribution is -2.29. The third kappa shape index (κ3) is 6.72. The van der Waals surface area contributed by atoms with Crippen LogP contribution in [-0.4, -0.2) is 19.1 Å². The van der Waals surface area contributed by atoms with Crippen molar-refractivity contribution >= 4 is 0 Å². The first kappa shape index (κ1) is 15.1. The summed E-state index contributed by atoms with van der Waals surface area (Å²) in [7, 11) is 0. The largest absolute Gasteiger partial charge is 0.327 e. The highest BCUT2D eigenvalue weighted by molar-refractivity contribution is 5.17. The Hall–Kier alpha value is -0.930. The van der Waals surface area contributed by atoms with Gasteiger partial charge in [0.2, 0.25) is 0 Å². The number of nitrogens with two attached hydrogens (primary N) is 1. The maximum absolute atomic E-state index is 12.7. The molecule has 3 N–H and O–H groups in total. The van der Waals surface area contributed by atoms with Crippen molar-refractivity contribution in [2.75, 3.05) is 13.1 Å². The maximum Gasteiger partial charge on any atom is 0.123 e. The Balaban J connectivity index is 2.13. The van der Waals surface area contributed by atoms with E-state index >= 15 is 0 Å². The van der Waals surface area contributed by atoms with Crippen LogP contribution in [0.1, 0.15) is 32.3 Å². The van der Waals surface area contributed by atoms with E-state index < -0.39 is 0 Å². The molecule has 2 nitrogen and oxygen atoms in total. The molecule has 0 amide bonds. The van der Waals surface area contributed by atoms with Gasteiger partial charge in [-0.3, -0.25) is 0 Å². The molecule has 0 fully saturated rings. The van der Waals surface area contributed by atoms with Gasteiger partial charge in [0.25, 0.3) is 0 Å². The van der Waals surface area contributed by atoms with Crippen LogP contribution in [0.5, 0.6) is 0 Å². The molecule has 0 heterocycles. The van der Waals surface area contributed by atoms with E-state index in [-0.39, 0.29) is 11.9 Å². The predicted octanol–water partition coefficient (Wildman–Crippen LogP) is 2.72. The van der Waals surface area contributed by atoms with Crippen molar-refractivity contribution < 1.29 is 4.39 Å². The summed E-state index contributed by atoms with van der Waals surface area (Å²) >= 11 is 0. The monoisotopic (exact) mass is 252 g/mol. The van der Waals surface area contributed by atoms with Gasteiger partial charge in [0.1, 0.15) is 5.82 Å². The number of rotatable bonds is 8. The molecule has 0 radical (unpaired) electrons. The lowest BCUT2D eigenvalue weighted by Gasteiger charge is -2.13. The molecule has 1 aromatic carbocycles. The molecule has 3 heteroatoms. The Morgan fingerprint density at radius 2 is 1.72 bits per heavy atom. The zero-order valence-electron chi connectivity index (χ0n) is 11.5. The number of hydrogen-bond acceptors (Lipinski definition) is 2. The van der Waals surface area contributed by atoms with Gasteiger partial charge in [-0.25, -0.2) is 4.39 Å². The van der Waals surface area contributed by atoms with E-state index in [1.54, 1.807) is 12.1 Å². The zero-order chi connectivity index (χ0) is 13.4. The van der Waals surface area contributed by atoms with Gasteiger partial charge in [-0.2, -0.15) is 0 Å². The van der Waals surface area contributed by atoms with Crippen molar-refractivity contribution in [2.24, 2.45) is 11.7 Å². The molecule has 0 saturated carbocycles. The first-order chi connectivity index (χ1) is 8.58. The molecule has 0 unspecified atom stereocenters. The fraction of sp³-hybridized carbons (Fsp3) is 0.600. The van der Waals surface area contributed by atoms with Crippen molar-refractivity contribution in [1.82, 2.24) is 5.32 Å². The molecule has 102 valence electrons. The summed E-state index contributed by atoms with van der Waals surface area (Å²) in [6, 6.07) is 6.73. The summed E-state index contributed by atoms with van der Waals surface area (Å²) in [5.74, 6) is 0.549. The van der Waals surface area contributed by atoms with Crippen LogP contribution in [-0.2, 0) is 6.42 Å². The Kier molecular flexibility index (Phi) is 6.91. The zero-order valence-corrected chi connectivity index (χ0v) is 11.5. The van der Waals surface area contributed by atoms with Gasteiger partial charge in [0.05, 0.1) is 0 Å². The van der Waals surface area contributed by atoms with Gasteiger partial charge in [-0.15, -0.1) is 0 Å². The summed E-state index contributed by atoms with van der Waals surface area (Å²) in [5.41, 5.74) is 7.15. The van der Waals surface area contributed by atoms with Crippen molar-refractivity contribution in [2.45, 2.75) is 39.2 Å². The lowest BCUT2D eigenvalue weighted by atomic mass is 10.0. The topological polar surface area (TPSA) is 38.0 Å². The molecule has 0 aliphatic rings. The first-order valence-electron chi connectivity index (χ1n) is 6.78. The normalized spacial score (nSPS) is 12.9. The molecule has 1 aromatic rings. The van der Waals surface area contributed by atoms with Gasteiger partial charge in [-0.05, 0) is 56.0 Å². The van der Waals surface area contributed by atoms with Crippen molar-refractivity contribution in [3.63, 3.8) is 0 Å². The summed E-state index contributed by atoms with van der Waals surface area (Å²) in [4.78, 5) is 0. The van der Waals surface area contributed by atoms with Crippen LogP contribution in [0.25, 0.3) is 0 Å². The molecule has 0 aliphatic heterocycles. The van der Waals surface area contributed by atoms with Crippen molar-refractivity contribution in [3.05, 3.63) is 35.6 Å². The van der Waals surface area contributed by atoms with Crippen LogP contribution in [0.2, 0.25) is 0 Å². The second-order valence-electron chi connectivity index (χ2n) is 5.31. The summed E-state index contributed by atoms with van der Waals surface area (Å²) < 4.78 is 12.7. The standard InChI is InChI=1S/C15H25FN2/c1-12(2)7-9-18-10-8-15(17)11-13-3-5-14(16)6-4-13/h3-6,12,15,18H,7-11,17H2,1-2H3/t15-/m1/s1. The van der Waals surface area contributed by atoms with Crippen molar-refractivity contribution in [3.8, 4) is 0 Å². The lowest BCUT2D eigenvalue weighted by molar-refractivity contribution is 0.509. The highest BCUT2D eigenvalue weighted by Gasteiger charge is 2.04. The van der Waals surface area contributed by atoms with Crippen LogP contribution in [0, 0.1) is 11.7 Å². The molecular formula is C15H25FN2. The third-order valence-corrected chi connectivity index (χ3v) is 3.00. The maximum atomic E-state index is 12.7. The average molecular weight is 252 g/mol. The Bertz CT molecular complexity index is 322. The van der Waals surface area contributed by atoms with Gasteiger partial charge in [-0.1, -0.05) is 26.0 Å². The Morgan fingerprint density at radius 1 is 1.11 bits per heavy atom. The number of nitrogens with one attached hydrogen (secondary N) is 1. The highest BCUT2D eigenvalue weighted by Crippen LogP contribution is 2.06. The highest BCUT2D eigenvalue weighted by atomic mass is 19.1. The van der Waals surface area contributed by atoms with Gasteiger partial charge >= 0.3 is 0 Å². The van der Waals surface area contributed by atoms with E-state index in [0.717, 1.165) is 37.4 Å². The van der Waals surface area contributed by atoms with Crippen LogP contribution in [0.3, 0.4) is 0 Å². The van der Waals surface area contributed by atoms with Crippen LogP contribution < -0.4 is 11.1 Å². The van der Waals surface area contributed by atoms with Gasteiger partial charge in [0.15, 0.2) is 0 Å². The third-order valence-electron chi connectivity index (χ3n) is 3.00. The molecule has 0 spiro atoms. The van der Waals surface area contributed by atoms with Crippen molar-refractivity contribution in [1.29, 1.82) is 0 Å². The minimum Gasteiger partial charge on any atom is -0.327 e. The predicted molar refractivity (Wildman–Crippen MR) is 75.0 cm³/mol. The van der Waals surface area contributed by atoms with Gasteiger partial charge in [0, 0.05) is 6.04 Å². The molecule has 1 rings (SSSR count). The fourth-order valence-electron chi connectivity index (χ4n) is 1.83. The molecule has 0 bridgehead atoms. The number of benzene rings is 1. The first-order valence-corrected chi connectivity index (χ1v) is 6.78. The van der Waals surface area contributed by atoms with E-state index in [1.807, 2.05) is 0 Å². The molecular weight excluding hydrogens is 227 g/mol.